The van der Waals surface area contributed by atoms with Crippen molar-refractivity contribution in [1.29, 1.82) is 0 Å². The van der Waals surface area contributed by atoms with Crippen LogP contribution in [0.2, 0.25) is 0 Å². The van der Waals surface area contributed by atoms with Crippen LogP contribution in [0.5, 0.6) is 5.75 Å². The van der Waals surface area contributed by atoms with Crippen molar-refractivity contribution < 1.29 is 4.74 Å². The Morgan fingerprint density at radius 3 is 2.88 bits per heavy atom. The maximum atomic E-state index is 5.14. The van der Waals surface area contributed by atoms with E-state index in [9.17, 15) is 0 Å². The largest absolute Gasteiger partial charge is 0.497 e. The molecule has 0 amide bonds. The molecule has 3 heteroatoms. The van der Waals surface area contributed by atoms with E-state index in [1.165, 1.54) is 0 Å². The molecular formula is C14H14N2O. The van der Waals surface area contributed by atoms with Gasteiger partial charge in [-0.25, -0.2) is 0 Å². The molecule has 0 fully saturated rings. The van der Waals surface area contributed by atoms with E-state index in [2.05, 4.69) is 9.98 Å². The highest BCUT2D eigenvalue weighted by Gasteiger charge is 1.93. The van der Waals surface area contributed by atoms with Crippen molar-refractivity contribution >= 4 is 11.9 Å². The lowest BCUT2D eigenvalue weighted by molar-refractivity contribution is 0.415. The van der Waals surface area contributed by atoms with Crippen molar-refractivity contribution in [2.24, 2.45) is 4.99 Å². The molecule has 0 saturated heterocycles. The monoisotopic (exact) mass is 226 g/mol. The van der Waals surface area contributed by atoms with Gasteiger partial charge < -0.3 is 4.74 Å². The Morgan fingerprint density at radius 2 is 2.12 bits per heavy atom. The lowest BCUT2D eigenvalue weighted by Gasteiger charge is -1.99. The summed E-state index contributed by atoms with van der Waals surface area (Å²) in [6.07, 6.45) is 5.41. The van der Waals surface area contributed by atoms with Crippen LogP contribution in [-0.4, -0.2) is 18.3 Å². The first kappa shape index (κ1) is 11.3. The number of hydrogen-bond donors (Lipinski definition) is 0. The lowest BCUT2D eigenvalue weighted by Crippen LogP contribution is -1.85. The molecule has 0 N–H and O–H groups in total. The predicted molar refractivity (Wildman–Crippen MR) is 69.2 cm³/mol. The molecule has 0 atom stereocenters. The van der Waals surface area contributed by atoms with E-state index in [-0.39, 0.29) is 0 Å². The van der Waals surface area contributed by atoms with Gasteiger partial charge in [-0.15, -0.1) is 0 Å². The SMILES string of the molecule is COc1cccc(N=Cc2cncc(C)c2)c1. The van der Waals surface area contributed by atoms with Crippen LogP contribution in [0.3, 0.4) is 0 Å². The number of hydrogen-bond acceptors (Lipinski definition) is 3. The van der Waals surface area contributed by atoms with E-state index in [0.717, 1.165) is 22.6 Å². The fraction of sp³-hybridized carbons (Fsp3) is 0.143. The first-order chi connectivity index (χ1) is 8.28. The minimum atomic E-state index is 0.807. The summed E-state index contributed by atoms with van der Waals surface area (Å²) in [5.74, 6) is 0.807. The van der Waals surface area contributed by atoms with Crippen LogP contribution in [0.1, 0.15) is 11.1 Å². The summed E-state index contributed by atoms with van der Waals surface area (Å²) in [6, 6.07) is 9.67. The number of ether oxygens (including phenoxy) is 1. The summed E-state index contributed by atoms with van der Waals surface area (Å²) >= 11 is 0. The average Bonchev–Trinajstić information content (AvgIpc) is 2.37. The Bertz CT molecular complexity index is 535. The Labute approximate surface area is 101 Å². The fourth-order valence-corrected chi connectivity index (χ4v) is 1.49. The van der Waals surface area contributed by atoms with Crippen molar-refractivity contribution in [3.05, 3.63) is 53.9 Å². The second-order valence-electron chi connectivity index (χ2n) is 3.76. The van der Waals surface area contributed by atoms with Gasteiger partial charge in [0, 0.05) is 30.2 Å². The summed E-state index contributed by atoms with van der Waals surface area (Å²) in [6.45, 7) is 2.01. The molecule has 0 bridgehead atoms. The predicted octanol–water partition coefficient (Wildman–Crippen LogP) is 3.15. The van der Waals surface area contributed by atoms with E-state index in [4.69, 9.17) is 4.74 Å². The molecule has 2 rings (SSSR count). The number of nitrogens with zero attached hydrogens (tertiary/aromatic N) is 2. The Kier molecular flexibility index (Phi) is 3.50. The van der Waals surface area contributed by atoms with Gasteiger partial charge >= 0.3 is 0 Å². The number of rotatable bonds is 3. The van der Waals surface area contributed by atoms with Crippen LogP contribution < -0.4 is 4.74 Å². The molecule has 1 aromatic carbocycles. The van der Waals surface area contributed by atoms with Crippen LogP contribution in [-0.2, 0) is 0 Å². The van der Waals surface area contributed by atoms with Crippen molar-refractivity contribution in [3.63, 3.8) is 0 Å². The highest BCUT2D eigenvalue weighted by molar-refractivity contribution is 5.81. The zero-order valence-corrected chi connectivity index (χ0v) is 9.92. The maximum absolute atomic E-state index is 5.14. The molecule has 0 radical (unpaired) electrons. The van der Waals surface area contributed by atoms with Gasteiger partial charge in [0.05, 0.1) is 12.8 Å². The topological polar surface area (TPSA) is 34.5 Å². The normalized spacial score (nSPS) is 10.7. The van der Waals surface area contributed by atoms with Crippen LogP contribution in [0, 0.1) is 6.92 Å². The van der Waals surface area contributed by atoms with E-state index >= 15 is 0 Å². The van der Waals surface area contributed by atoms with Gasteiger partial charge in [-0.05, 0) is 30.7 Å². The third-order valence-electron chi connectivity index (χ3n) is 2.31. The van der Waals surface area contributed by atoms with Crippen LogP contribution in [0.15, 0.2) is 47.7 Å². The molecule has 3 nitrogen and oxygen atoms in total. The van der Waals surface area contributed by atoms with Crippen LogP contribution in [0.25, 0.3) is 0 Å². The molecule has 0 aliphatic carbocycles. The number of aliphatic imine (C=N–C) groups is 1. The van der Waals surface area contributed by atoms with Gasteiger partial charge in [-0.3, -0.25) is 9.98 Å². The van der Waals surface area contributed by atoms with Crippen molar-refractivity contribution in [3.8, 4) is 5.75 Å². The van der Waals surface area contributed by atoms with Crippen LogP contribution >= 0.6 is 0 Å². The minimum Gasteiger partial charge on any atom is -0.497 e. The van der Waals surface area contributed by atoms with E-state index in [1.54, 1.807) is 19.5 Å². The maximum Gasteiger partial charge on any atom is 0.121 e. The lowest BCUT2D eigenvalue weighted by atomic mass is 10.2. The van der Waals surface area contributed by atoms with Gasteiger partial charge in [0.25, 0.3) is 0 Å². The molecule has 0 unspecified atom stereocenters. The standard InChI is InChI=1S/C14H14N2O/c1-11-6-12(9-15-8-11)10-16-13-4-3-5-14(7-13)17-2/h3-10H,1-2H3. The van der Waals surface area contributed by atoms with Crippen LogP contribution in [0.4, 0.5) is 5.69 Å². The third kappa shape index (κ3) is 3.14. The summed E-state index contributed by atoms with van der Waals surface area (Å²) in [5.41, 5.74) is 2.98. The van der Waals surface area contributed by atoms with Crippen molar-refractivity contribution in [2.75, 3.05) is 7.11 Å². The number of aromatic nitrogens is 1. The zero-order valence-electron chi connectivity index (χ0n) is 9.92. The highest BCUT2D eigenvalue weighted by atomic mass is 16.5. The molecular weight excluding hydrogens is 212 g/mol. The second-order valence-corrected chi connectivity index (χ2v) is 3.76. The molecule has 17 heavy (non-hydrogen) atoms. The van der Waals surface area contributed by atoms with E-state index in [0.29, 0.717) is 0 Å². The summed E-state index contributed by atoms with van der Waals surface area (Å²) in [5, 5.41) is 0. The molecule has 0 aliphatic heterocycles. The number of methoxy groups -OCH3 is 1. The van der Waals surface area contributed by atoms with Gasteiger partial charge in [0.1, 0.15) is 5.75 Å². The molecule has 1 aromatic heterocycles. The van der Waals surface area contributed by atoms with E-state index in [1.807, 2.05) is 43.5 Å². The summed E-state index contributed by atoms with van der Waals surface area (Å²) in [7, 11) is 1.65. The fourth-order valence-electron chi connectivity index (χ4n) is 1.49. The van der Waals surface area contributed by atoms with E-state index < -0.39 is 0 Å². The molecule has 0 saturated carbocycles. The quantitative estimate of drug-likeness (QED) is 0.753. The molecule has 1 heterocycles. The second kappa shape index (κ2) is 5.25. The number of pyridine rings is 1. The van der Waals surface area contributed by atoms with Gasteiger partial charge in [-0.1, -0.05) is 6.07 Å². The summed E-state index contributed by atoms with van der Waals surface area (Å²) < 4.78 is 5.14. The zero-order chi connectivity index (χ0) is 12.1. The number of benzene rings is 1. The molecule has 0 spiro atoms. The van der Waals surface area contributed by atoms with Gasteiger partial charge in [-0.2, -0.15) is 0 Å². The first-order valence-corrected chi connectivity index (χ1v) is 5.38. The van der Waals surface area contributed by atoms with Gasteiger partial charge in [0.2, 0.25) is 0 Å². The smallest absolute Gasteiger partial charge is 0.121 e. The minimum absolute atomic E-state index is 0.807. The third-order valence-corrected chi connectivity index (χ3v) is 2.31. The average molecular weight is 226 g/mol. The Balaban J connectivity index is 2.19. The first-order valence-electron chi connectivity index (χ1n) is 5.38. The van der Waals surface area contributed by atoms with Gasteiger partial charge in [0.15, 0.2) is 0 Å². The highest BCUT2D eigenvalue weighted by Crippen LogP contribution is 2.19. The molecule has 0 aliphatic rings. The molecule has 86 valence electrons. The number of aryl methyl sites for hydroxylation is 1. The Hall–Kier alpha value is -2.16. The summed E-state index contributed by atoms with van der Waals surface area (Å²) in [4.78, 5) is 8.50. The Morgan fingerprint density at radius 1 is 1.24 bits per heavy atom. The molecule has 2 aromatic rings. The van der Waals surface area contributed by atoms with Crippen molar-refractivity contribution in [1.82, 2.24) is 4.98 Å². The van der Waals surface area contributed by atoms with Crippen molar-refractivity contribution in [2.45, 2.75) is 6.92 Å².